The first kappa shape index (κ1) is 26.8. The van der Waals surface area contributed by atoms with Crippen LogP contribution in [0.4, 0.5) is 0 Å². The number of rotatable bonds is 8. The van der Waals surface area contributed by atoms with Crippen LogP contribution in [0.3, 0.4) is 0 Å². The van der Waals surface area contributed by atoms with Gasteiger partial charge in [-0.2, -0.15) is 5.10 Å². The van der Waals surface area contributed by atoms with Gasteiger partial charge in [0, 0.05) is 48.3 Å². The van der Waals surface area contributed by atoms with Gasteiger partial charge in [0.25, 0.3) is 5.91 Å². The number of hydrogen-bond acceptors (Lipinski definition) is 4. The summed E-state index contributed by atoms with van der Waals surface area (Å²) in [6.45, 7) is 4.29. The minimum absolute atomic E-state index is 0.240. The van der Waals surface area contributed by atoms with Crippen molar-refractivity contribution in [1.82, 2.24) is 9.99 Å². The van der Waals surface area contributed by atoms with E-state index in [1.54, 1.807) is 37.4 Å². The highest BCUT2D eigenvalue weighted by Gasteiger charge is 2.12. The molecule has 0 radical (unpaired) electrons. The predicted octanol–water partition coefficient (Wildman–Crippen LogP) is 7.51. The molecular formula is C28H24BrCl2N3O3. The molecule has 37 heavy (non-hydrogen) atoms. The molecule has 6 nitrogen and oxygen atoms in total. The maximum atomic E-state index is 12.7. The summed E-state index contributed by atoms with van der Waals surface area (Å²) in [4.78, 5) is 12.7. The van der Waals surface area contributed by atoms with Gasteiger partial charge in [-0.1, -0.05) is 35.3 Å². The van der Waals surface area contributed by atoms with Crippen LogP contribution in [-0.2, 0) is 6.61 Å². The Kier molecular flexibility index (Phi) is 8.59. The molecule has 190 valence electrons. The second kappa shape index (κ2) is 11.9. The normalized spacial score (nSPS) is 11.1. The van der Waals surface area contributed by atoms with E-state index < -0.39 is 0 Å². The van der Waals surface area contributed by atoms with Crippen molar-refractivity contribution in [2.24, 2.45) is 5.10 Å². The van der Waals surface area contributed by atoms with Gasteiger partial charge in [-0.3, -0.25) is 4.79 Å². The average Bonchev–Trinajstić information content (AvgIpc) is 3.22. The van der Waals surface area contributed by atoms with Crippen molar-refractivity contribution in [3.63, 3.8) is 0 Å². The van der Waals surface area contributed by atoms with Crippen molar-refractivity contribution in [3.05, 3.63) is 109 Å². The van der Waals surface area contributed by atoms with Crippen molar-refractivity contribution >= 4 is 51.3 Å². The smallest absolute Gasteiger partial charge is 0.271 e. The van der Waals surface area contributed by atoms with Gasteiger partial charge in [-0.25, -0.2) is 5.43 Å². The lowest BCUT2D eigenvalue weighted by molar-refractivity contribution is 0.0955. The molecule has 0 unspecified atom stereocenters. The van der Waals surface area contributed by atoms with Crippen LogP contribution in [-0.4, -0.2) is 23.8 Å². The molecule has 4 aromatic rings. The zero-order valence-electron chi connectivity index (χ0n) is 20.4. The minimum Gasteiger partial charge on any atom is -0.493 e. The van der Waals surface area contributed by atoms with E-state index in [2.05, 4.69) is 31.0 Å². The van der Waals surface area contributed by atoms with Crippen LogP contribution >= 0.6 is 39.1 Å². The van der Waals surface area contributed by atoms with Gasteiger partial charge in [0.05, 0.1) is 13.3 Å². The van der Waals surface area contributed by atoms with Crippen LogP contribution in [0.2, 0.25) is 10.0 Å². The third-order valence-corrected chi connectivity index (χ3v) is 6.96. The van der Waals surface area contributed by atoms with Gasteiger partial charge in [-0.05, 0) is 84.4 Å². The summed E-state index contributed by atoms with van der Waals surface area (Å²) in [6.07, 6.45) is 1.54. The largest absolute Gasteiger partial charge is 0.493 e. The molecular weight excluding hydrogens is 577 g/mol. The summed E-state index contributed by atoms with van der Waals surface area (Å²) in [5, 5.41) is 5.22. The monoisotopic (exact) mass is 599 g/mol. The second-order valence-electron chi connectivity index (χ2n) is 8.25. The summed E-state index contributed by atoms with van der Waals surface area (Å²) in [6, 6.07) is 20.3. The number of amides is 1. The van der Waals surface area contributed by atoms with E-state index in [0.29, 0.717) is 37.1 Å². The van der Waals surface area contributed by atoms with Crippen molar-refractivity contribution in [2.45, 2.75) is 20.5 Å². The highest BCUT2D eigenvalue weighted by molar-refractivity contribution is 9.10. The summed E-state index contributed by atoms with van der Waals surface area (Å²) in [5.41, 5.74) is 7.69. The third-order valence-electron chi connectivity index (χ3n) is 5.69. The third kappa shape index (κ3) is 6.36. The molecule has 1 aromatic heterocycles. The van der Waals surface area contributed by atoms with Crippen molar-refractivity contribution in [1.29, 1.82) is 0 Å². The van der Waals surface area contributed by atoms with Crippen molar-refractivity contribution < 1.29 is 14.3 Å². The topological polar surface area (TPSA) is 64.8 Å². The molecule has 0 spiro atoms. The lowest BCUT2D eigenvalue weighted by Gasteiger charge is -2.13. The fraction of sp³-hybridized carbons (Fsp3) is 0.143. The van der Waals surface area contributed by atoms with Gasteiger partial charge < -0.3 is 14.0 Å². The van der Waals surface area contributed by atoms with E-state index in [4.69, 9.17) is 32.7 Å². The number of carbonyl (C=O) groups excluding carboxylic acids is 1. The van der Waals surface area contributed by atoms with Gasteiger partial charge in [0.1, 0.15) is 6.61 Å². The zero-order chi connectivity index (χ0) is 26.5. The lowest BCUT2D eigenvalue weighted by atomic mass is 10.2. The summed E-state index contributed by atoms with van der Waals surface area (Å²) in [7, 11) is 1.55. The fourth-order valence-corrected chi connectivity index (χ4v) is 4.69. The quantitative estimate of drug-likeness (QED) is 0.168. The molecule has 0 aliphatic rings. The Balaban J connectivity index is 1.45. The standard InChI is InChI=1S/C28H24BrCl2N3O3/c1-17-7-8-18(2)34(17)23-6-4-5-19(11-23)28(35)33-32-15-21-12-26(36-3)27(14-24(21)29)37-16-20-9-10-22(30)13-25(20)31/h4-15H,16H2,1-3H3,(H,33,35). The maximum Gasteiger partial charge on any atom is 0.271 e. The first-order chi connectivity index (χ1) is 17.8. The molecule has 0 atom stereocenters. The molecule has 3 aromatic carbocycles. The molecule has 1 amide bonds. The lowest BCUT2D eigenvalue weighted by Crippen LogP contribution is -2.18. The van der Waals surface area contributed by atoms with Crippen molar-refractivity contribution in [3.8, 4) is 17.2 Å². The van der Waals surface area contributed by atoms with Gasteiger partial charge in [0.2, 0.25) is 0 Å². The Hall–Kier alpha value is -3.26. The van der Waals surface area contributed by atoms with Gasteiger partial charge >= 0.3 is 0 Å². The first-order valence-corrected chi connectivity index (χ1v) is 12.8. The number of aromatic nitrogens is 1. The van der Waals surface area contributed by atoms with E-state index in [-0.39, 0.29) is 12.5 Å². The highest BCUT2D eigenvalue weighted by atomic mass is 79.9. The Morgan fingerprint density at radius 2 is 1.78 bits per heavy atom. The molecule has 0 saturated carbocycles. The molecule has 1 heterocycles. The molecule has 0 aliphatic carbocycles. The number of halogens is 3. The number of methoxy groups -OCH3 is 1. The molecule has 0 fully saturated rings. The van der Waals surface area contributed by atoms with Crippen LogP contribution in [0.25, 0.3) is 5.69 Å². The SMILES string of the molecule is COc1cc(C=NNC(=O)c2cccc(-n3c(C)ccc3C)c2)c(Br)cc1OCc1ccc(Cl)cc1Cl. The first-order valence-electron chi connectivity index (χ1n) is 11.3. The highest BCUT2D eigenvalue weighted by Crippen LogP contribution is 2.34. The number of ether oxygens (including phenoxy) is 2. The second-order valence-corrected chi connectivity index (χ2v) is 9.95. The number of hydrazone groups is 1. The van der Waals surface area contributed by atoms with Crippen LogP contribution in [0.15, 0.2) is 76.3 Å². The van der Waals surface area contributed by atoms with Crippen LogP contribution in [0.1, 0.15) is 32.9 Å². The Bertz CT molecular complexity index is 1460. The van der Waals surface area contributed by atoms with E-state index in [9.17, 15) is 4.79 Å². The number of benzene rings is 3. The predicted molar refractivity (Wildman–Crippen MR) is 152 cm³/mol. The summed E-state index contributed by atoms with van der Waals surface area (Å²) in [5.74, 6) is 0.712. The van der Waals surface area contributed by atoms with Crippen molar-refractivity contribution in [2.75, 3.05) is 7.11 Å². The molecule has 4 rings (SSSR count). The summed E-state index contributed by atoms with van der Waals surface area (Å²) < 4.78 is 14.2. The molecule has 0 bridgehead atoms. The Morgan fingerprint density at radius 1 is 1.03 bits per heavy atom. The van der Waals surface area contributed by atoms with Crippen LogP contribution in [0.5, 0.6) is 11.5 Å². The van der Waals surface area contributed by atoms with E-state index >= 15 is 0 Å². The Labute approximate surface area is 233 Å². The number of nitrogens with one attached hydrogen (secondary N) is 1. The minimum atomic E-state index is -0.316. The van der Waals surface area contributed by atoms with Gasteiger partial charge in [-0.15, -0.1) is 0 Å². The average molecular weight is 601 g/mol. The van der Waals surface area contributed by atoms with E-state index in [0.717, 1.165) is 22.6 Å². The zero-order valence-corrected chi connectivity index (χ0v) is 23.5. The number of nitrogens with zero attached hydrogens (tertiary/aromatic N) is 2. The number of aryl methyl sites for hydroxylation is 2. The Morgan fingerprint density at radius 3 is 2.49 bits per heavy atom. The van der Waals surface area contributed by atoms with Crippen LogP contribution < -0.4 is 14.9 Å². The molecule has 1 N–H and O–H groups in total. The van der Waals surface area contributed by atoms with Gasteiger partial charge in [0.15, 0.2) is 11.5 Å². The van der Waals surface area contributed by atoms with Crippen LogP contribution in [0, 0.1) is 13.8 Å². The summed E-state index contributed by atoms with van der Waals surface area (Å²) >= 11 is 15.7. The molecule has 0 aliphatic heterocycles. The molecule has 9 heteroatoms. The number of carbonyl (C=O) groups is 1. The fourth-order valence-electron chi connectivity index (χ4n) is 3.80. The number of hydrogen-bond donors (Lipinski definition) is 1. The molecule has 0 saturated heterocycles. The van der Waals surface area contributed by atoms with E-state index in [1.165, 1.54) is 6.21 Å². The maximum absolute atomic E-state index is 12.7. The van der Waals surface area contributed by atoms with E-state index in [1.807, 2.05) is 50.2 Å².